The van der Waals surface area contributed by atoms with E-state index in [1.807, 2.05) is 0 Å². The normalized spacial score (nSPS) is 16.1. The fourth-order valence-electron chi connectivity index (χ4n) is 6.19. The average molecular weight is 956 g/mol. The van der Waals surface area contributed by atoms with E-state index in [1.165, 1.54) is 25.7 Å². The summed E-state index contributed by atoms with van der Waals surface area (Å²) in [6.45, 7) is 1.93. The van der Waals surface area contributed by atoms with E-state index in [0.29, 0.717) is 6.42 Å². The van der Waals surface area contributed by atoms with Crippen LogP contribution in [0.25, 0.3) is 0 Å². The highest BCUT2D eigenvalue weighted by atomic mass is 16.4. The van der Waals surface area contributed by atoms with Gasteiger partial charge in [0.05, 0.1) is 31.7 Å². The van der Waals surface area contributed by atoms with Crippen LogP contribution in [-0.4, -0.2) is 180 Å². The average Bonchev–Trinajstić information content (AvgIpc) is 3.74. The minimum Gasteiger partial charge on any atom is -0.480 e. The molecule has 1 rings (SSSR count). The number of hydrogen-bond acceptors (Lipinski definition) is 15. The first-order chi connectivity index (χ1) is 31.3. The van der Waals surface area contributed by atoms with Gasteiger partial charge in [0.2, 0.25) is 59.1 Å². The number of rotatable bonds is 29. The number of guanidine groups is 2. The number of carbonyl (C=O) groups excluding carboxylic acids is 10. The molecule has 0 saturated carbocycles. The number of nitrogens with one attached hydrogen (secondary N) is 8. The van der Waals surface area contributed by atoms with Gasteiger partial charge in [0.1, 0.15) is 42.8 Å². The van der Waals surface area contributed by atoms with Crippen molar-refractivity contribution in [1.29, 1.82) is 0 Å². The summed E-state index contributed by atoms with van der Waals surface area (Å²) in [5.74, 6) is -10.7. The third-order valence-corrected chi connectivity index (χ3v) is 9.54. The Morgan fingerprint density at radius 3 is 1.67 bits per heavy atom. The van der Waals surface area contributed by atoms with Crippen LogP contribution >= 0.6 is 0 Å². The van der Waals surface area contributed by atoms with E-state index >= 15 is 0 Å². The fraction of sp³-hybridized carbons (Fsp3) is 0.649. The fourth-order valence-corrected chi connectivity index (χ4v) is 6.19. The van der Waals surface area contributed by atoms with E-state index in [9.17, 15) is 57.8 Å². The van der Waals surface area contributed by atoms with Gasteiger partial charge in [0.25, 0.3) is 0 Å². The number of primary amides is 1. The minimum atomic E-state index is -1.71. The molecule has 376 valence electrons. The van der Waals surface area contributed by atoms with Gasteiger partial charge >= 0.3 is 5.97 Å². The first-order valence-corrected chi connectivity index (χ1v) is 21.0. The van der Waals surface area contributed by atoms with E-state index in [2.05, 4.69) is 52.5 Å². The number of aliphatic imine (C=N–C) groups is 2. The Bertz CT molecular complexity index is 1850. The first-order valence-electron chi connectivity index (χ1n) is 21.0. The van der Waals surface area contributed by atoms with Crippen molar-refractivity contribution in [2.24, 2.45) is 44.4 Å². The van der Waals surface area contributed by atoms with Gasteiger partial charge in [-0.15, -0.1) is 0 Å². The van der Waals surface area contributed by atoms with Crippen molar-refractivity contribution in [2.75, 3.05) is 39.3 Å². The van der Waals surface area contributed by atoms with Crippen molar-refractivity contribution in [1.82, 2.24) is 47.4 Å². The number of aliphatic hydroxyl groups is 1. The van der Waals surface area contributed by atoms with Gasteiger partial charge in [0, 0.05) is 19.6 Å². The Morgan fingerprint density at radius 1 is 0.642 bits per heavy atom. The zero-order chi connectivity index (χ0) is 51.0. The summed E-state index contributed by atoms with van der Waals surface area (Å²) < 4.78 is 0. The number of likely N-dealkylation sites (tertiary alicyclic amines) is 1. The van der Waals surface area contributed by atoms with E-state index in [-0.39, 0.29) is 63.7 Å². The molecule has 30 heteroatoms. The Balaban J connectivity index is 3.05. The second-order valence-electron chi connectivity index (χ2n) is 15.4. The van der Waals surface area contributed by atoms with Crippen LogP contribution in [0.4, 0.5) is 0 Å². The van der Waals surface area contributed by atoms with E-state index < -0.39 is 139 Å². The lowest BCUT2D eigenvalue weighted by molar-refractivity contribution is -0.141. The molecular formula is C37H65N17O13. The molecule has 0 aliphatic carbocycles. The molecule has 0 bridgehead atoms. The van der Waals surface area contributed by atoms with Crippen LogP contribution in [0.3, 0.4) is 0 Å². The largest absolute Gasteiger partial charge is 0.480 e. The maximum atomic E-state index is 13.6. The third kappa shape index (κ3) is 22.4. The number of aliphatic hydroxyl groups excluding tert-OH is 1. The highest BCUT2D eigenvalue weighted by Gasteiger charge is 2.37. The summed E-state index contributed by atoms with van der Waals surface area (Å²) in [5.41, 5.74) is 32.3. The highest BCUT2D eigenvalue weighted by Crippen LogP contribution is 2.18. The number of nitrogens with two attached hydrogens (primary N) is 6. The molecule has 22 N–H and O–H groups in total. The number of nitrogens with zero attached hydrogens (tertiary/aromatic N) is 3. The van der Waals surface area contributed by atoms with Gasteiger partial charge in [-0.05, 0) is 59.3 Å². The summed E-state index contributed by atoms with van der Waals surface area (Å²) in [6, 6.07) is -9.23. The van der Waals surface area contributed by atoms with Crippen LogP contribution in [0.1, 0.15) is 65.7 Å². The Labute approximate surface area is 384 Å². The van der Waals surface area contributed by atoms with Gasteiger partial charge < -0.3 is 92.0 Å². The molecule has 1 fully saturated rings. The van der Waals surface area contributed by atoms with Gasteiger partial charge in [-0.2, -0.15) is 0 Å². The van der Waals surface area contributed by atoms with Crippen LogP contribution in [-0.2, 0) is 52.7 Å². The van der Waals surface area contributed by atoms with Crippen LogP contribution < -0.4 is 76.9 Å². The maximum Gasteiger partial charge on any atom is 0.322 e. The predicted molar refractivity (Wildman–Crippen MR) is 236 cm³/mol. The SMILES string of the molecule is C[C@H](N)C(=O)N[C@H](C(=O)NCC(=O)N[C@@H](C)C(=O)N1CCC[C@H]1C(=O)NCC(=O)N[C@@H](CCCN=C(N)N)C(=O)N[C@@H](CC(N)=O)C(=O)N[C@@H](CCCN=C(N)N)C(=O)NCC(=O)O)[C@@H](C)O. The summed E-state index contributed by atoms with van der Waals surface area (Å²) in [6.07, 6.45) is -1.62. The van der Waals surface area contributed by atoms with Crippen molar-refractivity contribution in [3.8, 4) is 0 Å². The van der Waals surface area contributed by atoms with Gasteiger partial charge in [-0.3, -0.25) is 62.7 Å². The number of amides is 10. The molecule has 0 aromatic heterocycles. The van der Waals surface area contributed by atoms with Gasteiger partial charge in [-0.1, -0.05) is 0 Å². The van der Waals surface area contributed by atoms with Crippen molar-refractivity contribution < 1.29 is 63.0 Å². The topological polar surface area (TPSA) is 509 Å². The highest BCUT2D eigenvalue weighted by molar-refractivity contribution is 5.98. The zero-order valence-corrected chi connectivity index (χ0v) is 37.5. The molecule has 8 atom stereocenters. The zero-order valence-electron chi connectivity index (χ0n) is 37.5. The third-order valence-electron chi connectivity index (χ3n) is 9.54. The smallest absolute Gasteiger partial charge is 0.322 e. The number of carboxylic acid groups (broad SMARTS) is 1. The van der Waals surface area contributed by atoms with E-state index in [0.717, 1.165) is 0 Å². The molecule has 0 unspecified atom stereocenters. The van der Waals surface area contributed by atoms with Gasteiger partial charge in [-0.25, -0.2) is 0 Å². The van der Waals surface area contributed by atoms with Crippen molar-refractivity contribution in [3.05, 3.63) is 0 Å². The van der Waals surface area contributed by atoms with Crippen molar-refractivity contribution in [3.63, 3.8) is 0 Å². The van der Waals surface area contributed by atoms with Crippen molar-refractivity contribution in [2.45, 2.75) is 114 Å². The number of aliphatic carboxylic acids is 1. The molecule has 67 heavy (non-hydrogen) atoms. The number of carboxylic acids is 1. The Kier molecular flexibility index (Phi) is 25.1. The van der Waals surface area contributed by atoms with Crippen LogP contribution in [0.5, 0.6) is 0 Å². The number of hydrogen-bond donors (Lipinski definition) is 16. The van der Waals surface area contributed by atoms with Crippen LogP contribution in [0.15, 0.2) is 9.98 Å². The molecule has 1 saturated heterocycles. The van der Waals surface area contributed by atoms with E-state index in [1.54, 1.807) is 0 Å². The molecule has 0 aromatic rings. The molecule has 1 aliphatic heterocycles. The molecule has 10 amide bonds. The second kappa shape index (κ2) is 29.2. The molecule has 1 heterocycles. The van der Waals surface area contributed by atoms with Crippen LogP contribution in [0.2, 0.25) is 0 Å². The molecule has 30 nitrogen and oxygen atoms in total. The Hall–Kier alpha value is -7.37. The number of carbonyl (C=O) groups is 11. The van der Waals surface area contributed by atoms with E-state index in [4.69, 9.17) is 39.5 Å². The summed E-state index contributed by atoms with van der Waals surface area (Å²) in [4.78, 5) is 149. The van der Waals surface area contributed by atoms with Crippen molar-refractivity contribution >= 4 is 77.0 Å². The van der Waals surface area contributed by atoms with Gasteiger partial charge in [0.15, 0.2) is 11.9 Å². The molecule has 1 aliphatic rings. The molecular weight excluding hydrogens is 891 g/mol. The lowest BCUT2D eigenvalue weighted by Crippen LogP contribution is -2.58. The summed E-state index contributed by atoms with van der Waals surface area (Å²) in [7, 11) is 0. The lowest BCUT2D eigenvalue weighted by atomic mass is 10.1. The standard InChI is InChI=1S/C37H65N17O13/c1-17(38)29(61)53-28(19(3)55)34(66)47-14-25(57)49-18(2)35(67)54-12-6-9-23(54)33(65)46-15-26(58)50-21(8-5-11-45-37(42)43)31(63)52-22(13-24(39)56)32(64)51-20(7-4-10-44-36(40)41)30(62)48-16-27(59)60/h17-23,28,55H,4-16,38H2,1-3H3,(H2,39,56)(H,46,65)(H,47,66)(H,48,62)(H,49,57)(H,50,58)(H,51,64)(H,52,63)(H,53,61)(H,59,60)(H4,40,41,44)(H4,42,43,45)/t17-,18-,19+,20-,21-,22-,23-,28-/m0/s1. The minimum absolute atomic E-state index is 0.00626. The molecule has 0 aromatic carbocycles. The second-order valence-corrected chi connectivity index (χ2v) is 15.4. The maximum absolute atomic E-state index is 13.6. The predicted octanol–water partition coefficient (Wildman–Crippen LogP) is -9.43. The molecule has 0 radical (unpaired) electrons. The lowest BCUT2D eigenvalue weighted by Gasteiger charge is -2.27. The summed E-state index contributed by atoms with van der Waals surface area (Å²) in [5, 5.41) is 37.5. The monoisotopic (exact) mass is 955 g/mol. The summed E-state index contributed by atoms with van der Waals surface area (Å²) >= 11 is 0. The quantitative estimate of drug-likeness (QED) is 0.0188. The Morgan fingerprint density at radius 2 is 1.15 bits per heavy atom. The first kappa shape index (κ1) is 57.6. The van der Waals surface area contributed by atoms with Crippen LogP contribution in [0, 0.1) is 0 Å². The molecule has 0 spiro atoms.